The Morgan fingerprint density at radius 3 is 2.62 bits per heavy atom. The molecule has 1 fully saturated rings. The van der Waals surface area contributed by atoms with Gasteiger partial charge in [0.2, 0.25) is 11.8 Å². The second-order valence-corrected chi connectivity index (χ2v) is 6.39. The van der Waals surface area contributed by atoms with Gasteiger partial charge in [0.05, 0.1) is 0 Å². The molecule has 0 radical (unpaired) electrons. The number of carbonyl (C=O) groups excluding carboxylic acids is 2. The average molecular weight is 354 g/mol. The number of nitrogens with zero attached hydrogens (tertiary/aromatic N) is 3. The summed E-state index contributed by atoms with van der Waals surface area (Å²) in [6, 6.07) is 7.10. The quantitative estimate of drug-likeness (QED) is 0.911. The van der Waals surface area contributed by atoms with Gasteiger partial charge in [0, 0.05) is 56.9 Å². The zero-order chi connectivity index (χ0) is 18.5. The van der Waals surface area contributed by atoms with Crippen molar-refractivity contribution in [3.63, 3.8) is 0 Å². The molecule has 1 saturated heterocycles. The van der Waals surface area contributed by atoms with Crippen LogP contribution < -0.4 is 10.1 Å². The fraction of sp³-hybridized carbons (Fsp3) is 0.368. The molecule has 3 rings (SSSR count). The first-order chi connectivity index (χ1) is 12.5. The van der Waals surface area contributed by atoms with Gasteiger partial charge in [-0.2, -0.15) is 0 Å². The summed E-state index contributed by atoms with van der Waals surface area (Å²) >= 11 is 0. The van der Waals surface area contributed by atoms with Crippen LogP contribution in [0, 0.1) is 6.92 Å². The van der Waals surface area contributed by atoms with Crippen LogP contribution in [0.3, 0.4) is 0 Å². The minimum Gasteiger partial charge on any atom is -0.474 e. The minimum absolute atomic E-state index is 0.0571. The zero-order valence-electron chi connectivity index (χ0n) is 14.9. The number of ether oxygens (including phenoxy) is 1. The van der Waals surface area contributed by atoms with Crippen molar-refractivity contribution in [2.75, 3.05) is 18.4 Å². The number of carbonyl (C=O) groups is 2. The van der Waals surface area contributed by atoms with E-state index in [-0.39, 0.29) is 17.9 Å². The average Bonchev–Trinajstić information content (AvgIpc) is 2.63. The lowest BCUT2D eigenvalue weighted by molar-refractivity contribution is -0.114. The van der Waals surface area contributed by atoms with Crippen molar-refractivity contribution in [3.8, 4) is 5.88 Å². The number of anilines is 1. The fourth-order valence-corrected chi connectivity index (χ4v) is 2.87. The molecule has 0 saturated carbocycles. The number of nitrogens with one attached hydrogen (secondary N) is 1. The Balaban J connectivity index is 1.56. The van der Waals surface area contributed by atoms with E-state index >= 15 is 0 Å². The Morgan fingerprint density at radius 2 is 1.96 bits per heavy atom. The molecule has 3 heterocycles. The van der Waals surface area contributed by atoms with Crippen molar-refractivity contribution in [3.05, 3.63) is 47.8 Å². The molecule has 2 aromatic heterocycles. The summed E-state index contributed by atoms with van der Waals surface area (Å²) in [7, 11) is 0. The number of aromatic nitrogens is 2. The Kier molecular flexibility index (Phi) is 5.46. The van der Waals surface area contributed by atoms with Gasteiger partial charge in [-0.25, -0.2) is 9.97 Å². The van der Waals surface area contributed by atoms with E-state index in [0.717, 1.165) is 18.4 Å². The lowest BCUT2D eigenvalue weighted by Crippen LogP contribution is -2.41. The zero-order valence-corrected chi connectivity index (χ0v) is 14.9. The third-order valence-electron chi connectivity index (χ3n) is 4.21. The highest BCUT2D eigenvalue weighted by Gasteiger charge is 2.25. The second-order valence-electron chi connectivity index (χ2n) is 6.39. The highest BCUT2D eigenvalue weighted by molar-refractivity contribution is 5.96. The van der Waals surface area contributed by atoms with Gasteiger partial charge in [0.1, 0.15) is 11.9 Å². The largest absolute Gasteiger partial charge is 0.474 e. The van der Waals surface area contributed by atoms with Gasteiger partial charge >= 0.3 is 0 Å². The summed E-state index contributed by atoms with van der Waals surface area (Å²) < 4.78 is 5.90. The minimum atomic E-state index is -0.218. The molecule has 7 heteroatoms. The Morgan fingerprint density at radius 1 is 1.19 bits per heavy atom. The summed E-state index contributed by atoms with van der Waals surface area (Å²) in [5.74, 6) is 0.720. The lowest BCUT2D eigenvalue weighted by atomic mass is 10.1. The molecule has 0 spiro atoms. The fourth-order valence-electron chi connectivity index (χ4n) is 2.87. The third-order valence-corrected chi connectivity index (χ3v) is 4.21. The van der Waals surface area contributed by atoms with Gasteiger partial charge in [-0.1, -0.05) is 6.07 Å². The summed E-state index contributed by atoms with van der Waals surface area (Å²) in [5, 5.41) is 2.59. The topological polar surface area (TPSA) is 84.4 Å². The molecule has 0 atom stereocenters. The van der Waals surface area contributed by atoms with E-state index in [4.69, 9.17) is 4.74 Å². The predicted molar refractivity (Wildman–Crippen MR) is 97.1 cm³/mol. The molecule has 0 unspecified atom stereocenters. The van der Waals surface area contributed by atoms with Crippen molar-refractivity contribution in [2.45, 2.75) is 32.8 Å². The Bertz CT molecular complexity index is 784. The first-order valence-corrected chi connectivity index (χ1v) is 8.63. The van der Waals surface area contributed by atoms with Gasteiger partial charge in [-0.05, 0) is 24.6 Å². The van der Waals surface area contributed by atoms with E-state index < -0.39 is 0 Å². The summed E-state index contributed by atoms with van der Waals surface area (Å²) in [6.07, 6.45) is 4.87. The number of likely N-dealkylation sites (tertiary alicyclic amines) is 1. The van der Waals surface area contributed by atoms with E-state index in [2.05, 4.69) is 15.3 Å². The van der Waals surface area contributed by atoms with Crippen LogP contribution in [0.25, 0.3) is 0 Å². The highest BCUT2D eigenvalue weighted by atomic mass is 16.5. The number of piperidine rings is 1. The standard InChI is InChI=1S/C19H22N4O3/c1-13-3-4-18(21-12-13)26-16-6-9-23(10-7-16)19(25)15-5-8-20-17(11-15)22-14(2)24/h3-5,8,11-12,16H,6-7,9-10H2,1-2H3,(H,20,22,24). The van der Waals surface area contributed by atoms with Crippen LogP contribution in [0.5, 0.6) is 5.88 Å². The van der Waals surface area contributed by atoms with Gasteiger partial charge in [-0.15, -0.1) is 0 Å². The third kappa shape index (κ3) is 4.56. The number of hydrogen-bond acceptors (Lipinski definition) is 5. The number of amides is 2. The van der Waals surface area contributed by atoms with E-state index in [1.54, 1.807) is 23.2 Å². The molecule has 1 N–H and O–H groups in total. The van der Waals surface area contributed by atoms with E-state index in [1.165, 1.54) is 13.1 Å². The van der Waals surface area contributed by atoms with Crippen molar-refractivity contribution in [1.82, 2.24) is 14.9 Å². The number of pyridine rings is 2. The Labute approximate surface area is 152 Å². The van der Waals surface area contributed by atoms with Gasteiger partial charge in [0.25, 0.3) is 5.91 Å². The summed E-state index contributed by atoms with van der Waals surface area (Å²) in [5.41, 5.74) is 1.61. The lowest BCUT2D eigenvalue weighted by Gasteiger charge is -2.32. The number of aryl methyl sites for hydroxylation is 1. The van der Waals surface area contributed by atoms with Crippen LogP contribution in [-0.4, -0.2) is 45.9 Å². The molecule has 7 nitrogen and oxygen atoms in total. The predicted octanol–water partition coefficient (Wildman–Crippen LogP) is 2.43. The monoisotopic (exact) mass is 354 g/mol. The molecule has 0 bridgehead atoms. The Hall–Kier alpha value is -2.96. The smallest absolute Gasteiger partial charge is 0.254 e. The second kappa shape index (κ2) is 7.95. The van der Waals surface area contributed by atoms with Crippen LogP contribution in [-0.2, 0) is 4.79 Å². The molecular weight excluding hydrogens is 332 g/mol. The maximum Gasteiger partial charge on any atom is 0.254 e. The van der Waals surface area contributed by atoms with E-state index in [0.29, 0.717) is 30.4 Å². The molecule has 0 aromatic carbocycles. The highest BCUT2D eigenvalue weighted by Crippen LogP contribution is 2.19. The van der Waals surface area contributed by atoms with Crippen molar-refractivity contribution in [1.29, 1.82) is 0 Å². The molecule has 0 aliphatic carbocycles. The van der Waals surface area contributed by atoms with Crippen LogP contribution in [0.15, 0.2) is 36.7 Å². The van der Waals surface area contributed by atoms with Crippen LogP contribution in [0.2, 0.25) is 0 Å². The SMILES string of the molecule is CC(=O)Nc1cc(C(=O)N2CCC(Oc3ccc(C)cn3)CC2)ccn1. The maximum absolute atomic E-state index is 12.7. The normalized spacial score (nSPS) is 14.8. The van der Waals surface area contributed by atoms with Crippen molar-refractivity contribution in [2.24, 2.45) is 0 Å². The van der Waals surface area contributed by atoms with Crippen LogP contribution in [0.4, 0.5) is 5.82 Å². The molecule has 26 heavy (non-hydrogen) atoms. The number of hydrogen-bond donors (Lipinski definition) is 1. The van der Waals surface area contributed by atoms with E-state index in [1.807, 2.05) is 19.1 Å². The summed E-state index contributed by atoms with van der Waals surface area (Å²) in [6.45, 7) is 4.63. The molecule has 2 aromatic rings. The van der Waals surface area contributed by atoms with Crippen LogP contribution in [0.1, 0.15) is 35.7 Å². The van der Waals surface area contributed by atoms with E-state index in [9.17, 15) is 9.59 Å². The summed E-state index contributed by atoms with van der Waals surface area (Å²) in [4.78, 5) is 33.9. The molecular formula is C19H22N4O3. The van der Waals surface area contributed by atoms with Crippen molar-refractivity contribution >= 4 is 17.6 Å². The van der Waals surface area contributed by atoms with Gasteiger partial charge in [-0.3, -0.25) is 9.59 Å². The molecule has 1 aliphatic heterocycles. The molecule has 2 amide bonds. The molecule has 1 aliphatic rings. The van der Waals surface area contributed by atoms with Gasteiger partial charge in [0.15, 0.2) is 0 Å². The first kappa shape index (κ1) is 17.8. The van der Waals surface area contributed by atoms with Crippen molar-refractivity contribution < 1.29 is 14.3 Å². The first-order valence-electron chi connectivity index (χ1n) is 8.63. The molecule has 136 valence electrons. The number of rotatable bonds is 4. The maximum atomic E-state index is 12.7. The van der Waals surface area contributed by atoms with Crippen LogP contribution >= 0.6 is 0 Å². The van der Waals surface area contributed by atoms with Gasteiger partial charge < -0.3 is 15.0 Å².